The van der Waals surface area contributed by atoms with E-state index in [1.165, 1.54) is 17.4 Å². The second kappa shape index (κ2) is 6.60. The Hall–Kier alpha value is -2.81. The SMILES string of the molecule is CCc1nnc(NC(=O)c2ccc3c(=O)n(C(C)C)c(=O)[nH]c3c2)s1. The summed E-state index contributed by atoms with van der Waals surface area (Å²) in [5.74, 6) is -0.380. The Kier molecular flexibility index (Phi) is 4.49. The van der Waals surface area contributed by atoms with Gasteiger partial charge in [0.1, 0.15) is 5.01 Å². The summed E-state index contributed by atoms with van der Waals surface area (Å²) in [5.41, 5.74) is -0.233. The van der Waals surface area contributed by atoms with E-state index < -0.39 is 5.69 Å². The molecule has 0 fully saturated rings. The van der Waals surface area contributed by atoms with Crippen LogP contribution in [0, 0.1) is 0 Å². The topological polar surface area (TPSA) is 110 Å². The van der Waals surface area contributed by atoms with Crippen LogP contribution in [0.1, 0.15) is 42.2 Å². The van der Waals surface area contributed by atoms with Gasteiger partial charge in [0.25, 0.3) is 11.5 Å². The average Bonchev–Trinajstić information content (AvgIpc) is 3.01. The molecule has 2 aromatic heterocycles. The summed E-state index contributed by atoms with van der Waals surface area (Å²) in [7, 11) is 0. The third kappa shape index (κ3) is 3.22. The van der Waals surface area contributed by atoms with Gasteiger partial charge in [-0.05, 0) is 38.5 Å². The molecular weight excluding hydrogens is 342 g/mol. The van der Waals surface area contributed by atoms with Gasteiger partial charge >= 0.3 is 5.69 Å². The van der Waals surface area contributed by atoms with Gasteiger partial charge in [0, 0.05) is 11.6 Å². The lowest BCUT2D eigenvalue weighted by atomic mass is 10.1. The van der Waals surface area contributed by atoms with Gasteiger partial charge in [0.2, 0.25) is 5.13 Å². The highest BCUT2D eigenvalue weighted by atomic mass is 32.1. The highest BCUT2D eigenvalue weighted by Gasteiger charge is 2.14. The van der Waals surface area contributed by atoms with Crippen molar-refractivity contribution in [3.8, 4) is 0 Å². The van der Waals surface area contributed by atoms with Crippen LogP contribution in [0.2, 0.25) is 0 Å². The third-order valence-electron chi connectivity index (χ3n) is 3.70. The number of carbonyl (C=O) groups is 1. The molecule has 2 N–H and O–H groups in total. The fourth-order valence-electron chi connectivity index (χ4n) is 2.46. The molecule has 0 aliphatic heterocycles. The number of aryl methyl sites for hydroxylation is 1. The Morgan fingerprint density at radius 1 is 1.32 bits per heavy atom. The van der Waals surface area contributed by atoms with Crippen molar-refractivity contribution in [3.05, 3.63) is 49.6 Å². The molecule has 0 saturated heterocycles. The maximum Gasteiger partial charge on any atom is 0.329 e. The summed E-state index contributed by atoms with van der Waals surface area (Å²) in [6.45, 7) is 5.48. The molecule has 130 valence electrons. The Morgan fingerprint density at radius 2 is 2.08 bits per heavy atom. The summed E-state index contributed by atoms with van der Waals surface area (Å²) in [6.07, 6.45) is 0.743. The number of hydrogen-bond donors (Lipinski definition) is 2. The lowest BCUT2D eigenvalue weighted by Gasteiger charge is -2.10. The van der Waals surface area contributed by atoms with Gasteiger partial charge in [0.15, 0.2) is 0 Å². The molecule has 8 nitrogen and oxygen atoms in total. The molecular formula is C16H17N5O3S. The van der Waals surface area contributed by atoms with Crippen molar-refractivity contribution in [1.29, 1.82) is 0 Å². The van der Waals surface area contributed by atoms with Gasteiger partial charge in [-0.2, -0.15) is 0 Å². The van der Waals surface area contributed by atoms with Crippen LogP contribution in [0.4, 0.5) is 5.13 Å². The first-order valence-electron chi connectivity index (χ1n) is 7.83. The molecule has 9 heteroatoms. The maximum atomic E-state index is 12.4. The monoisotopic (exact) mass is 359 g/mol. The van der Waals surface area contributed by atoms with Crippen LogP contribution in [0.5, 0.6) is 0 Å². The molecule has 0 unspecified atom stereocenters. The molecule has 0 bridgehead atoms. The van der Waals surface area contributed by atoms with E-state index in [0.29, 0.717) is 21.6 Å². The minimum Gasteiger partial charge on any atom is -0.307 e. The molecule has 25 heavy (non-hydrogen) atoms. The molecule has 0 spiro atoms. The number of carbonyl (C=O) groups excluding carboxylic acids is 1. The normalized spacial score (nSPS) is 11.2. The lowest BCUT2D eigenvalue weighted by Crippen LogP contribution is -2.36. The zero-order valence-electron chi connectivity index (χ0n) is 14.0. The predicted octanol–water partition coefficient (Wildman–Crippen LogP) is 1.94. The van der Waals surface area contributed by atoms with Crippen molar-refractivity contribution in [2.24, 2.45) is 0 Å². The first-order chi connectivity index (χ1) is 11.9. The van der Waals surface area contributed by atoms with E-state index in [4.69, 9.17) is 0 Å². The molecule has 0 saturated carbocycles. The summed E-state index contributed by atoms with van der Waals surface area (Å²) in [5, 5.41) is 12.1. The standard InChI is InChI=1S/C16H17N5O3S/c1-4-12-19-20-15(25-12)18-13(22)9-5-6-10-11(7-9)17-16(24)21(8(2)3)14(10)23/h5-8H,4H2,1-3H3,(H,17,24)(H,18,20,22). The van der Waals surface area contributed by atoms with Crippen molar-refractivity contribution >= 4 is 33.3 Å². The van der Waals surface area contributed by atoms with Gasteiger partial charge < -0.3 is 4.98 Å². The Labute approximate surface area is 146 Å². The van der Waals surface area contributed by atoms with Crippen molar-refractivity contribution in [3.63, 3.8) is 0 Å². The lowest BCUT2D eigenvalue weighted by molar-refractivity contribution is 0.102. The predicted molar refractivity (Wildman–Crippen MR) is 96.5 cm³/mol. The van der Waals surface area contributed by atoms with Gasteiger partial charge in [-0.3, -0.25) is 19.5 Å². The number of aromatic nitrogens is 4. The fourth-order valence-corrected chi connectivity index (χ4v) is 3.13. The van der Waals surface area contributed by atoms with E-state index in [2.05, 4.69) is 20.5 Å². The van der Waals surface area contributed by atoms with Crippen molar-refractivity contribution in [1.82, 2.24) is 19.7 Å². The minimum absolute atomic E-state index is 0.256. The number of fused-ring (bicyclic) bond motifs is 1. The smallest absolute Gasteiger partial charge is 0.307 e. The van der Waals surface area contributed by atoms with Gasteiger partial charge in [-0.25, -0.2) is 4.79 Å². The zero-order valence-corrected chi connectivity index (χ0v) is 14.8. The number of amides is 1. The van der Waals surface area contributed by atoms with E-state index in [9.17, 15) is 14.4 Å². The number of anilines is 1. The first-order valence-corrected chi connectivity index (χ1v) is 8.64. The maximum absolute atomic E-state index is 12.4. The third-order valence-corrected chi connectivity index (χ3v) is 4.68. The van der Waals surface area contributed by atoms with E-state index >= 15 is 0 Å². The van der Waals surface area contributed by atoms with Gasteiger partial charge in [0.05, 0.1) is 10.9 Å². The Balaban J connectivity index is 1.98. The van der Waals surface area contributed by atoms with Crippen molar-refractivity contribution < 1.29 is 4.79 Å². The molecule has 0 radical (unpaired) electrons. The number of hydrogen-bond acceptors (Lipinski definition) is 6. The van der Waals surface area contributed by atoms with Gasteiger partial charge in [-0.1, -0.05) is 18.3 Å². The van der Waals surface area contributed by atoms with Crippen LogP contribution in [0.25, 0.3) is 10.9 Å². The van der Waals surface area contributed by atoms with Crippen LogP contribution in [-0.4, -0.2) is 25.7 Å². The molecule has 1 aromatic carbocycles. The van der Waals surface area contributed by atoms with Crippen LogP contribution >= 0.6 is 11.3 Å². The number of rotatable bonds is 4. The number of H-pyrrole nitrogens is 1. The van der Waals surface area contributed by atoms with Crippen LogP contribution in [-0.2, 0) is 6.42 Å². The first kappa shape index (κ1) is 17.0. The second-order valence-electron chi connectivity index (χ2n) is 5.77. The molecule has 0 aliphatic carbocycles. The quantitative estimate of drug-likeness (QED) is 0.740. The van der Waals surface area contributed by atoms with Gasteiger partial charge in [-0.15, -0.1) is 10.2 Å². The molecule has 3 aromatic rings. The second-order valence-corrected chi connectivity index (χ2v) is 6.83. The fraction of sp³-hybridized carbons (Fsp3) is 0.312. The number of benzene rings is 1. The van der Waals surface area contributed by atoms with Crippen molar-refractivity contribution in [2.45, 2.75) is 33.2 Å². The number of aromatic amines is 1. The summed E-state index contributed by atoms with van der Waals surface area (Å²) in [6, 6.07) is 4.32. The van der Waals surface area contributed by atoms with E-state index in [0.717, 1.165) is 16.0 Å². The van der Waals surface area contributed by atoms with E-state index in [-0.39, 0.29) is 17.5 Å². The number of nitrogens with zero attached hydrogens (tertiary/aromatic N) is 3. The summed E-state index contributed by atoms with van der Waals surface area (Å²) in [4.78, 5) is 39.5. The summed E-state index contributed by atoms with van der Waals surface area (Å²) < 4.78 is 1.15. The molecule has 3 rings (SSSR count). The van der Waals surface area contributed by atoms with Crippen molar-refractivity contribution in [2.75, 3.05) is 5.32 Å². The highest BCUT2D eigenvalue weighted by Crippen LogP contribution is 2.17. The van der Waals surface area contributed by atoms with Crippen LogP contribution < -0.4 is 16.6 Å². The Bertz CT molecular complexity index is 1060. The van der Waals surface area contributed by atoms with Crippen LogP contribution in [0.15, 0.2) is 27.8 Å². The van der Waals surface area contributed by atoms with Crippen LogP contribution in [0.3, 0.4) is 0 Å². The average molecular weight is 359 g/mol. The molecule has 0 atom stereocenters. The largest absolute Gasteiger partial charge is 0.329 e. The molecule has 2 heterocycles. The Morgan fingerprint density at radius 3 is 2.72 bits per heavy atom. The number of nitrogens with one attached hydrogen (secondary N) is 2. The molecule has 0 aliphatic rings. The summed E-state index contributed by atoms with van der Waals surface area (Å²) >= 11 is 1.30. The minimum atomic E-state index is -0.498. The zero-order chi connectivity index (χ0) is 18.1. The highest BCUT2D eigenvalue weighted by molar-refractivity contribution is 7.15. The molecule has 1 amide bonds. The van der Waals surface area contributed by atoms with E-state index in [1.54, 1.807) is 26.0 Å². The van der Waals surface area contributed by atoms with E-state index in [1.807, 2.05) is 6.92 Å².